The van der Waals surface area contributed by atoms with E-state index in [2.05, 4.69) is 5.32 Å². The number of benzene rings is 3. The van der Waals surface area contributed by atoms with Crippen molar-refractivity contribution in [2.45, 2.75) is 10.8 Å². The first kappa shape index (κ1) is 15.1. The fourth-order valence-electron chi connectivity index (χ4n) is 5.04. The third kappa shape index (κ3) is 1.58. The molecule has 0 spiro atoms. The maximum Gasteiger partial charge on any atom is 0.239 e. The number of imide groups is 1. The minimum Gasteiger partial charge on any atom is -0.295 e. The summed E-state index contributed by atoms with van der Waals surface area (Å²) in [4.78, 5) is 26.0. The maximum atomic E-state index is 13.2. The van der Waals surface area contributed by atoms with E-state index in [-0.39, 0.29) is 11.8 Å². The molecular weight excluding hydrogens is 322 g/mol. The number of rotatable bonds is 3. The molecule has 1 N–H and O–H groups in total. The molecule has 1 saturated heterocycles. The molecule has 2 amide bonds. The van der Waals surface area contributed by atoms with E-state index in [1.165, 1.54) is 0 Å². The molecule has 3 nitrogen and oxygen atoms in total. The topological polar surface area (TPSA) is 46.2 Å². The highest BCUT2D eigenvalue weighted by Crippen LogP contribution is 2.75. The average molecular weight is 339 g/mol. The Balaban J connectivity index is 1.87. The van der Waals surface area contributed by atoms with Gasteiger partial charge in [0.2, 0.25) is 11.8 Å². The number of nitrogens with one attached hydrogen (secondary N) is 1. The van der Waals surface area contributed by atoms with Gasteiger partial charge in [-0.05, 0) is 16.7 Å². The summed E-state index contributed by atoms with van der Waals surface area (Å²) in [6.45, 7) is 0. The Bertz CT molecular complexity index is 959. The molecule has 5 rings (SSSR count). The Hall–Kier alpha value is -3.20. The van der Waals surface area contributed by atoms with Gasteiger partial charge in [0.25, 0.3) is 0 Å². The van der Waals surface area contributed by atoms with Crippen LogP contribution < -0.4 is 5.32 Å². The molecular formula is C23H17NO2. The van der Waals surface area contributed by atoms with Gasteiger partial charge in [0.1, 0.15) is 5.41 Å². The van der Waals surface area contributed by atoms with Crippen molar-refractivity contribution >= 4 is 11.8 Å². The monoisotopic (exact) mass is 339 g/mol. The molecule has 1 aliphatic carbocycles. The molecule has 3 aromatic carbocycles. The molecule has 0 aromatic heterocycles. The van der Waals surface area contributed by atoms with Gasteiger partial charge >= 0.3 is 0 Å². The number of hydrogen-bond donors (Lipinski definition) is 1. The van der Waals surface area contributed by atoms with Gasteiger partial charge in [-0.1, -0.05) is 91.0 Å². The van der Waals surface area contributed by atoms with Crippen molar-refractivity contribution in [2.24, 2.45) is 5.92 Å². The van der Waals surface area contributed by atoms with Crippen molar-refractivity contribution < 1.29 is 9.59 Å². The summed E-state index contributed by atoms with van der Waals surface area (Å²) < 4.78 is 0. The molecule has 2 unspecified atom stereocenters. The summed E-state index contributed by atoms with van der Waals surface area (Å²) in [5.74, 6) is -0.826. The second-order valence-corrected chi connectivity index (χ2v) is 6.97. The van der Waals surface area contributed by atoms with Gasteiger partial charge in [-0.2, -0.15) is 0 Å². The van der Waals surface area contributed by atoms with Crippen LogP contribution in [0.3, 0.4) is 0 Å². The molecule has 3 heteroatoms. The molecule has 0 bridgehead atoms. The molecule has 126 valence electrons. The van der Waals surface area contributed by atoms with Gasteiger partial charge in [0.15, 0.2) is 0 Å². The number of fused-ring (bicyclic) bond motifs is 1. The quantitative estimate of drug-likeness (QED) is 0.745. The van der Waals surface area contributed by atoms with Gasteiger partial charge in [-0.3, -0.25) is 14.9 Å². The van der Waals surface area contributed by atoms with Crippen molar-refractivity contribution in [2.75, 3.05) is 0 Å². The average Bonchev–Trinajstić information content (AvgIpc) is 3.28. The highest BCUT2D eigenvalue weighted by molar-refractivity contribution is 6.19. The van der Waals surface area contributed by atoms with Crippen molar-refractivity contribution in [1.82, 2.24) is 5.32 Å². The molecule has 1 aliphatic heterocycles. The van der Waals surface area contributed by atoms with Gasteiger partial charge in [0, 0.05) is 0 Å². The van der Waals surface area contributed by atoms with Crippen LogP contribution in [-0.2, 0) is 20.4 Å². The van der Waals surface area contributed by atoms with E-state index in [0.717, 1.165) is 16.7 Å². The van der Waals surface area contributed by atoms with E-state index >= 15 is 0 Å². The minimum absolute atomic E-state index is 0.188. The minimum atomic E-state index is -0.895. The normalized spacial score (nSPS) is 25.5. The number of piperidine rings is 1. The standard InChI is InChI=1S/C23H17NO2/c25-20-19-22(16-10-4-1-5-11-16,17-12-6-2-7-13-17)23(19,21(26)24-20)18-14-8-3-9-15-18/h1-15,19H,(H,24,25,26). The van der Waals surface area contributed by atoms with Crippen LogP contribution in [0, 0.1) is 5.92 Å². The molecule has 2 fully saturated rings. The molecule has 2 atom stereocenters. The van der Waals surface area contributed by atoms with Gasteiger partial charge in [0.05, 0.1) is 11.3 Å². The summed E-state index contributed by atoms with van der Waals surface area (Å²) in [5.41, 5.74) is 1.33. The summed E-state index contributed by atoms with van der Waals surface area (Å²) in [5, 5.41) is 2.57. The fourth-order valence-corrected chi connectivity index (χ4v) is 5.04. The first-order valence-corrected chi connectivity index (χ1v) is 8.76. The molecule has 2 aliphatic rings. The molecule has 1 heterocycles. The zero-order valence-electron chi connectivity index (χ0n) is 14.1. The maximum absolute atomic E-state index is 13.2. The Morgan fingerprint density at radius 3 is 1.38 bits per heavy atom. The zero-order valence-corrected chi connectivity index (χ0v) is 14.1. The Morgan fingerprint density at radius 1 is 0.577 bits per heavy atom. The number of carbonyl (C=O) groups excluding carboxylic acids is 2. The van der Waals surface area contributed by atoms with Crippen molar-refractivity contribution in [3.63, 3.8) is 0 Å². The highest BCUT2D eigenvalue weighted by Gasteiger charge is 2.87. The van der Waals surface area contributed by atoms with Gasteiger partial charge in [-0.25, -0.2) is 0 Å². The van der Waals surface area contributed by atoms with Crippen LogP contribution in [0.5, 0.6) is 0 Å². The lowest BCUT2D eigenvalue weighted by molar-refractivity contribution is -0.128. The lowest BCUT2D eigenvalue weighted by Crippen LogP contribution is -2.40. The number of carbonyl (C=O) groups is 2. The largest absolute Gasteiger partial charge is 0.295 e. The van der Waals surface area contributed by atoms with Crippen LogP contribution in [-0.4, -0.2) is 11.8 Å². The van der Waals surface area contributed by atoms with Gasteiger partial charge in [-0.15, -0.1) is 0 Å². The Labute approximate surface area is 151 Å². The zero-order chi connectivity index (χ0) is 17.8. The summed E-state index contributed by atoms with van der Waals surface area (Å²) in [7, 11) is 0. The second-order valence-electron chi connectivity index (χ2n) is 6.97. The Kier molecular flexibility index (Phi) is 2.99. The van der Waals surface area contributed by atoms with E-state index in [4.69, 9.17) is 0 Å². The van der Waals surface area contributed by atoms with E-state index in [1.54, 1.807) is 0 Å². The van der Waals surface area contributed by atoms with Crippen molar-refractivity contribution in [3.8, 4) is 0 Å². The first-order valence-electron chi connectivity index (χ1n) is 8.76. The predicted octanol–water partition coefficient (Wildman–Crippen LogP) is 3.20. The SMILES string of the molecule is O=C1NC(=O)C2(c3ccccc3)C1C2(c1ccccc1)c1ccccc1. The smallest absolute Gasteiger partial charge is 0.239 e. The third-order valence-corrected chi connectivity index (χ3v) is 5.95. The van der Waals surface area contributed by atoms with Crippen LogP contribution in [0.4, 0.5) is 0 Å². The predicted molar refractivity (Wildman–Crippen MR) is 98.4 cm³/mol. The third-order valence-electron chi connectivity index (χ3n) is 5.95. The van der Waals surface area contributed by atoms with Crippen LogP contribution in [0.1, 0.15) is 16.7 Å². The van der Waals surface area contributed by atoms with Crippen LogP contribution in [0.2, 0.25) is 0 Å². The second kappa shape index (κ2) is 5.15. The molecule has 0 radical (unpaired) electrons. The Morgan fingerprint density at radius 2 is 0.962 bits per heavy atom. The summed E-state index contributed by atoms with van der Waals surface area (Å²) in [6, 6.07) is 29.6. The number of hydrogen-bond acceptors (Lipinski definition) is 2. The summed E-state index contributed by atoms with van der Waals surface area (Å²) in [6.07, 6.45) is 0. The van der Waals surface area contributed by atoms with E-state index in [0.29, 0.717) is 0 Å². The number of amides is 2. The van der Waals surface area contributed by atoms with E-state index in [9.17, 15) is 9.59 Å². The first-order chi connectivity index (χ1) is 12.7. The molecule has 26 heavy (non-hydrogen) atoms. The molecule has 3 aromatic rings. The van der Waals surface area contributed by atoms with Crippen LogP contribution >= 0.6 is 0 Å². The lowest BCUT2D eigenvalue weighted by atomic mass is 9.76. The van der Waals surface area contributed by atoms with E-state index < -0.39 is 16.7 Å². The highest BCUT2D eigenvalue weighted by atomic mass is 16.2. The van der Waals surface area contributed by atoms with Crippen LogP contribution in [0.15, 0.2) is 91.0 Å². The van der Waals surface area contributed by atoms with E-state index in [1.807, 2.05) is 91.0 Å². The lowest BCUT2D eigenvalue weighted by Gasteiger charge is -2.27. The van der Waals surface area contributed by atoms with Crippen molar-refractivity contribution in [3.05, 3.63) is 108 Å². The fraction of sp³-hybridized carbons (Fsp3) is 0.130. The van der Waals surface area contributed by atoms with Gasteiger partial charge < -0.3 is 0 Å². The summed E-state index contributed by atoms with van der Waals surface area (Å²) >= 11 is 0. The molecule has 1 saturated carbocycles. The van der Waals surface area contributed by atoms with Crippen molar-refractivity contribution in [1.29, 1.82) is 0 Å². The van der Waals surface area contributed by atoms with Crippen LogP contribution in [0.25, 0.3) is 0 Å².